The van der Waals surface area contributed by atoms with Crippen molar-refractivity contribution in [2.24, 2.45) is 0 Å². The Morgan fingerprint density at radius 1 is 1.53 bits per heavy atom. The number of ketones is 1. The van der Waals surface area contributed by atoms with E-state index in [4.69, 9.17) is 5.73 Å². The highest BCUT2D eigenvalue weighted by molar-refractivity contribution is 5.99. The van der Waals surface area contributed by atoms with Gasteiger partial charge in [0.15, 0.2) is 5.78 Å². The van der Waals surface area contributed by atoms with Crippen LogP contribution < -0.4 is 11.1 Å². The summed E-state index contributed by atoms with van der Waals surface area (Å²) in [6.45, 7) is 1.63. The van der Waals surface area contributed by atoms with Crippen molar-refractivity contribution in [2.45, 2.75) is 31.7 Å². The summed E-state index contributed by atoms with van der Waals surface area (Å²) in [5.41, 5.74) is 7.52. The molecule has 1 aliphatic rings. The summed E-state index contributed by atoms with van der Waals surface area (Å²) in [6.07, 6.45) is 3.07. The molecule has 0 saturated heterocycles. The zero-order chi connectivity index (χ0) is 12.5. The first-order valence-corrected chi connectivity index (χ1v) is 5.86. The summed E-state index contributed by atoms with van der Waals surface area (Å²) in [5, 5.41) is 12.7. The number of nitrogens with two attached hydrogens (primary N) is 1. The lowest BCUT2D eigenvalue weighted by atomic mass is 9.77. The molecule has 1 saturated carbocycles. The minimum absolute atomic E-state index is 0.0328. The van der Waals surface area contributed by atoms with Gasteiger partial charge in [-0.05, 0) is 44.4 Å². The molecule has 0 atom stereocenters. The van der Waals surface area contributed by atoms with Crippen LogP contribution >= 0.6 is 0 Å². The molecule has 4 N–H and O–H groups in total. The number of carbonyl (C=O) groups is 1. The Bertz CT molecular complexity index is 434. The molecule has 4 heteroatoms. The van der Waals surface area contributed by atoms with E-state index in [1.807, 2.05) is 6.07 Å². The maximum absolute atomic E-state index is 11.2. The fourth-order valence-electron chi connectivity index (χ4n) is 2.19. The van der Waals surface area contributed by atoms with Crippen LogP contribution in [0.25, 0.3) is 0 Å². The minimum Gasteiger partial charge on any atom is -0.398 e. The van der Waals surface area contributed by atoms with Crippen molar-refractivity contribution in [1.82, 2.24) is 0 Å². The smallest absolute Gasteiger partial charge is 0.161 e. The molecule has 1 fully saturated rings. The number of nitrogens with one attached hydrogen (secondary N) is 1. The van der Waals surface area contributed by atoms with Crippen LogP contribution in [0.3, 0.4) is 0 Å². The average Bonchev–Trinajstić information content (AvgIpc) is 2.23. The lowest BCUT2D eigenvalue weighted by Crippen LogP contribution is -2.48. The number of aliphatic hydroxyl groups is 1. The van der Waals surface area contributed by atoms with Crippen LogP contribution in [0.5, 0.6) is 0 Å². The molecule has 0 aliphatic heterocycles. The van der Waals surface area contributed by atoms with Crippen LogP contribution in [-0.2, 0) is 0 Å². The number of rotatable bonds is 4. The van der Waals surface area contributed by atoms with E-state index in [2.05, 4.69) is 5.32 Å². The molecule has 1 aromatic rings. The van der Waals surface area contributed by atoms with Gasteiger partial charge in [-0.3, -0.25) is 4.79 Å². The monoisotopic (exact) mass is 234 g/mol. The van der Waals surface area contributed by atoms with Gasteiger partial charge < -0.3 is 16.2 Å². The first-order chi connectivity index (χ1) is 8.06. The third-order valence-corrected chi connectivity index (χ3v) is 3.45. The number of Topliss-reactive ketones (excluding diaryl/α,β-unsaturated/α-hetero) is 1. The van der Waals surface area contributed by atoms with Gasteiger partial charge in [0.25, 0.3) is 0 Å². The standard InChI is InChI=1S/C13H18N2O2/c1-9(17)11-4-3-10(7-12(11)14)15-13(8-16)5-2-6-13/h3-4,7,15-16H,2,5-6,8,14H2,1H3. The van der Waals surface area contributed by atoms with Crippen LogP contribution in [0.1, 0.15) is 36.5 Å². The third kappa shape index (κ3) is 2.26. The molecule has 92 valence electrons. The lowest BCUT2D eigenvalue weighted by molar-refractivity contribution is 0.101. The molecule has 4 nitrogen and oxygen atoms in total. The normalized spacial score (nSPS) is 17.3. The zero-order valence-electron chi connectivity index (χ0n) is 9.99. The second-order valence-corrected chi connectivity index (χ2v) is 4.78. The van der Waals surface area contributed by atoms with Crippen molar-refractivity contribution in [3.05, 3.63) is 23.8 Å². The fourth-order valence-corrected chi connectivity index (χ4v) is 2.19. The molecule has 2 rings (SSSR count). The van der Waals surface area contributed by atoms with Gasteiger partial charge in [-0.2, -0.15) is 0 Å². The number of nitrogen functional groups attached to an aromatic ring is 1. The molecule has 0 spiro atoms. The maximum Gasteiger partial charge on any atom is 0.161 e. The van der Waals surface area contributed by atoms with Gasteiger partial charge in [0.05, 0.1) is 12.1 Å². The summed E-state index contributed by atoms with van der Waals surface area (Å²) in [4.78, 5) is 11.2. The number of carbonyl (C=O) groups excluding carboxylic acids is 1. The van der Waals surface area contributed by atoms with E-state index in [0.29, 0.717) is 11.3 Å². The van der Waals surface area contributed by atoms with E-state index < -0.39 is 0 Å². The highest BCUT2D eigenvalue weighted by Crippen LogP contribution is 2.35. The molecular formula is C13H18N2O2. The van der Waals surface area contributed by atoms with Crippen molar-refractivity contribution >= 4 is 17.2 Å². The summed E-state index contributed by atoms with van der Waals surface area (Å²) in [7, 11) is 0. The summed E-state index contributed by atoms with van der Waals surface area (Å²) >= 11 is 0. The zero-order valence-corrected chi connectivity index (χ0v) is 9.99. The number of benzene rings is 1. The van der Waals surface area contributed by atoms with Gasteiger partial charge in [-0.25, -0.2) is 0 Å². The van der Waals surface area contributed by atoms with Crippen LogP contribution in [0.2, 0.25) is 0 Å². The number of hydrogen-bond acceptors (Lipinski definition) is 4. The first kappa shape index (κ1) is 11.9. The Kier molecular flexibility index (Phi) is 3.07. The molecule has 0 aromatic heterocycles. The second-order valence-electron chi connectivity index (χ2n) is 4.78. The molecule has 0 amide bonds. The van der Waals surface area contributed by atoms with Crippen LogP contribution in [0, 0.1) is 0 Å². The SMILES string of the molecule is CC(=O)c1ccc(NC2(CO)CCC2)cc1N. The molecule has 1 aromatic carbocycles. The molecule has 0 radical (unpaired) electrons. The van der Waals surface area contributed by atoms with Crippen molar-refractivity contribution in [3.8, 4) is 0 Å². The van der Waals surface area contributed by atoms with E-state index in [1.165, 1.54) is 6.92 Å². The Morgan fingerprint density at radius 3 is 2.65 bits per heavy atom. The van der Waals surface area contributed by atoms with Crippen molar-refractivity contribution in [2.75, 3.05) is 17.7 Å². The second kappa shape index (κ2) is 4.37. The van der Waals surface area contributed by atoms with Crippen molar-refractivity contribution in [1.29, 1.82) is 0 Å². The van der Waals surface area contributed by atoms with E-state index in [-0.39, 0.29) is 17.9 Å². The Labute approximate surface area is 101 Å². The van der Waals surface area contributed by atoms with Gasteiger partial charge in [-0.15, -0.1) is 0 Å². The van der Waals surface area contributed by atoms with Crippen molar-refractivity contribution in [3.63, 3.8) is 0 Å². The van der Waals surface area contributed by atoms with Crippen LogP contribution in [0.15, 0.2) is 18.2 Å². The van der Waals surface area contributed by atoms with E-state index in [0.717, 1.165) is 24.9 Å². The predicted octanol–water partition coefficient (Wildman–Crippen LogP) is 1.80. The third-order valence-electron chi connectivity index (χ3n) is 3.45. The summed E-state index contributed by atoms with van der Waals surface area (Å²) < 4.78 is 0. The maximum atomic E-state index is 11.2. The fraction of sp³-hybridized carbons (Fsp3) is 0.462. The van der Waals surface area contributed by atoms with Gasteiger partial charge in [0.2, 0.25) is 0 Å². The molecule has 1 aliphatic carbocycles. The molecule has 0 heterocycles. The predicted molar refractivity (Wildman–Crippen MR) is 68.1 cm³/mol. The molecule has 0 unspecified atom stereocenters. The molecule has 17 heavy (non-hydrogen) atoms. The van der Waals surface area contributed by atoms with E-state index in [9.17, 15) is 9.90 Å². The number of hydrogen-bond donors (Lipinski definition) is 3. The molecule has 0 bridgehead atoms. The number of anilines is 2. The Morgan fingerprint density at radius 2 is 2.24 bits per heavy atom. The Hall–Kier alpha value is -1.55. The van der Waals surface area contributed by atoms with Gasteiger partial charge >= 0.3 is 0 Å². The van der Waals surface area contributed by atoms with Gasteiger partial charge in [0, 0.05) is 16.9 Å². The largest absolute Gasteiger partial charge is 0.398 e. The van der Waals surface area contributed by atoms with Crippen LogP contribution in [-0.4, -0.2) is 23.0 Å². The summed E-state index contributed by atoms with van der Waals surface area (Å²) in [5.74, 6) is -0.0328. The Balaban J connectivity index is 2.17. The van der Waals surface area contributed by atoms with Crippen molar-refractivity contribution < 1.29 is 9.90 Å². The van der Waals surface area contributed by atoms with Gasteiger partial charge in [-0.1, -0.05) is 0 Å². The highest BCUT2D eigenvalue weighted by atomic mass is 16.3. The van der Waals surface area contributed by atoms with E-state index >= 15 is 0 Å². The quantitative estimate of drug-likeness (QED) is 0.548. The topological polar surface area (TPSA) is 75.3 Å². The summed E-state index contributed by atoms with van der Waals surface area (Å²) in [6, 6.07) is 5.32. The lowest BCUT2D eigenvalue weighted by Gasteiger charge is -2.42. The van der Waals surface area contributed by atoms with Gasteiger partial charge in [0.1, 0.15) is 0 Å². The molecular weight excluding hydrogens is 216 g/mol. The highest BCUT2D eigenvalue weighted by Gasteiger charge is 2.36. The first-order valence-electron chi connectivity index (χ1n) is 5.86. The number of aliphatic hydroxyl groups excluding tert-OH is 1. The van der Waals surface area contributed by atoms with Crippen LogP contribution in [0.4, 0.5) is 11.4 Å². The average molecular weight is 234 g/mol. The minimum atomic E-state index is -0.190. The van der Waals surface area contributed by atoms with E-state index in [1.54, 1.807) is 12.1 Å².